The monoisotopic (exact) mass is 322 g/mol. The van der Waals surface area contributed by atoms with E-state index in [2.05, 4.69) is 13.8 Å². The van der Waals surface area contributed by atoms with E-state index in [9.17, 15) is 14.4 Å². The first-order valence-electron chi connectivity index (χ1n) is 8.04. The van der Waals surface area contributed by atoms with Crippen molar-refractivity contribution < 1.29 is 23.9 Å². The van der Waals surface area contributed by atoms with Crippen LogP contribution in [0.15, 0.2) is 11.1 Å². The van der Waals surface area contributed by atoms with Gasteiger partial charge in [0, 0.05) is 12.8 Å². The fourth-order valence-electron chi connectivity index (χ4n) is 4.83. The highest BCUT2D eigenvalue weighted by molar-refractivity contribution is 5.86. The Labute approximate surface area is 137 Å². The lowest BCUT2D eigenvalue weighted by molar-refractivity contribution is -0.151. The molecule has 0 heterocycles. The molecule has 0 radical (unpaired) electrons. The maximum Gasteiger partial charge on any atom is 0.315 e. The molecule has 0 aromatic heterocycles. The summed E-state index contributed by atoms with van der Waals surface area (Å²) in [5.74, 6) is -0.871. The molecule has 128 valence electrons. The molecule has 2 aliphatic rings. The number of aldehydes is 1. The molecule has 1 saturated carbocycles. The SMILES string of the molecule is COC(=O)C1(C)CC(C)(C)C2C1=C(C=O)C(C)CC2OC(C)=O. The number of fused-ring (bicyclic) bond motifs is 1. The van der Waals surface area contributed by atoms with Crippen molar-refractivity contribution in [2.45, 2.75) is 53.6 Å². The Morgan fingerprint density at radius 2 is 1.87 bits per heavy atom. The molecule has 0 N–H and O–H groups in total. The second kappa shape index (κ2) is 5.77. The average molecular weight is 322 g/mol. The molecule has 5 nitrogen and oxygen atoms in total. The topological polar surface area (TPSA) is 69.7 Å². The molecule has 0 amide bonds. The largest absolute Gasteiger partial charge is 0.468 e. The van der Waals surface area contributed by atoms with Gasteiger partial charge in [0.1, 0.15) is 12.4 Å². The van der Waals surface area contributed by atoms with E-state index in [1.807, 2.05) is 13.8 Å². The van der Waals surface area contributed by atoms with Crippen LogP contribution in [0, 0.1) is 22.7 Å². The van der Waals surface area contributed by atoms with Crippen molar-refractivity contribution in [3.05, 3.63) is 11.1 Å². The lowest BCUT2D eigenvalue weighted by atomic mass is 9.67. The van der Waals surface area contributed by atoms with Crippen LogP contribution in [0.2, 0.25) is 0 Å². The van der Waals surface area contributed by atoms with Crippen LogP contribution in [0.5, 0.6) is 0 Å². The zero-order chi connectivity index (χ0) is 17.6. The molecule has 0 saturated heterocycles. The molecule has 0 aromatic rings. The number of carbonyl (C=O) groups is 3. The summed E-state index contributed by atoms with van der Waals surface area (Å²) in [7, 11) is 1.37. The van der Waals surface area contributed by atoms with Crippen LogP contribution in [-0.2, 0) is 23.9 Å². The summed E-state index contributed by atoms with van der Waals surface area (Å²) in [5.41, 5.74) is 0.338. The Bertz CT molecular complexity index is 574. The van der Waals surface area contributed by atoms with Gasteiger partial charge in [-0.15, -0.1) is 0 Å². The van der Waals surface area contributed by atoms with Crippen molar-refractivity contribution in [1.82, 2.24) is 0 Å². The number of ether oxygens (including phenoxy) is 2. The van der Waals surface area contributed by atoms with E-state index in [-0.39, 0.29) is 35.3 Å². The van der Waals surface area contributed by atoms with Crippen molar-refractivity contribution in [3.63, 3.8) is 0 Å². The molecule has 4 atom stereocenters. The second-order valence-corrected chi connectivity index (χ2v) is 7.74. The maximum absolute atomic E-state index is 12.5. The van der Waals surface area contributed by atoms with Gasteiger partial charge in [-0.1, -0.05) is 20.8 Å². The molecule has 1 fully saturated rings. The Morgan fingerprint density at radius 3 is 2.35 bits per heavy atom. The predicted octanol–water partition coefficient (Wildman–Crippen LogP) is 2.68. The molecule has 0 aromatic carbocycles. The zero-order valence-electron chi connectivity index (χ0n) is 14.8. The van der Waals surface area contributed by atoms with E-state index < -0.39 is 5.41 Å². The van der Waals surface area contributed by atoms with Crippen molar-refractivity contribution in [1.29, 1.82) is 0 Å². The molecule has 2 rings (SSSR count). The lowest BCUT2D eigenvalue weighted by Gasteiger charge is -2.40. The third-order valence-electron chi connectivity index (χ3n) is 5.44. The lowest BCUT2D eigenvalue weighted by Crippen LogP contribution is -2.41. The maximum atomic E-state index is 12.5. The number of methoxy groups -OCH3 is 1. The van der Waals surface area contributed by atoms with E-state index >= 15 is 0 Å². The number of carbonyl (C=O) groups excluding carboxylic acids is 3. The first-order valence-corrected chi connectivity index (χ1v) is 8.04. The molecule has 4 unspecified atom stereocenters. The number of hydrogen-bond donors (Lipinski definition) is 0. The molecule has 0 aliphatic heterocycles. The van der Waals surface area contributed by atoms with E-state index in [4.69, 9.17) is 9.47 Å². The molecule has 0 spiro atoms. The molecule has 5 heteroatoms. The minimum Gasteiger partial charge on any atom is -0.468 e. The summed E-state index contributed by atoms with van der Waals surface area (Å²) in [6.07, 6.45) is 1.71. The van der Waals surface area contributed by atoms with E-state index in [1.165, 1.54) is 14.0 Å². The second-order valence-electron chi connectivity index (χ2n) is 7.74. The van der Waals surface area contributed by atoms with Gasteiger partial charge in [0.05, 0.1) is 12.5 Å². The van der Waals surface area contributed by atoms with E-state index in [1.54, 1.807) is 0 Å². The summed E-state index contributed by atoms with van der Waals surface area (Å²) in [6, 6.07) is 0. The standard InChI is InChI=1S/C18H26O5/c1-10-7-13(23-11(2)20)15-14(12(10)8-19)18(5,16(21)22-6)9-17(15,3)4/h8,10,13,15H,7,9H2,1-6H3. The zero-order valence-corrected chi connectivity index (χ0v) is 14.8. The highest BCUT2D eigenvalue weighted by atomic mass is 16.5. The summed E-state index contributed by atoms with van der Waals surface area (Å²) in [4.78, 5) is 35.8. The van der Waals surface area contributed by atoms with E-state index in [0.29, 0.717) is 18.4 Å². The molecule has 2 aliphatic carbocycles. The summed E-state index contributed by atoms with van der Waals surface area (Å²) in [5, 5.41) is 0. The minimum atomic E-state index is -0.855. The van der Waals surface area contributed by atoms with Crippen LogP contribution < -0.4 is 0 Å². The van der Waals surface area contributed by atoms with Crippen molar-refractivity contribution in [2.75, 3.05) is 7.11 Å². The first kappa shape index (κ1) is 17.7. The van der Waals surface area contributed by atoms with Gasteiger partial charge in [-0.05, 0) is 42.2 Å². The van der Waals surface area contributed by atoms with Crippen LogP contribution in [0.25, 0.3) is 0 Å². The van der Waals surface area contributed by atoms with Crippen LogP contribution in [0.1, 0.15) is 47.5 Å². The third-order valence-corrected chi connectivity index (χ3v) is 5.44. The van der Waals surface area contributed by atoms with Crippen LogP contribution in [0.3, 0.4) is 0 Å². The van der Waals surface area contributed by atoms with Crippen molar-refractivity contribution >= 4 is 18.2 Å². The quantitative estimate of drug-likeness (QED) is 0.590. The Hall–Kier alpha value is -1.65. The first-order chi connectivity index (χ1) is 10.6. The molecule has 23 heavy (non-hydrogen) atoms. The number of rotatable bonds is 3. The van der Waals surface area contributed by atoms with Gasteiger partial charge in [0.15, 0.2) is 0 Å². The molecular weight excluding hydrogens is 296 g/mol. The third kappa shape index (κ3) is 2.70. The fourth-order valence-corrected chi connectivity index (χ4v) is 4.83. The summed E-state index contributed by atoms with van der Waals surface area (Å²) in [6.45, 7) is 9.28. The highest BCUT2D eigenvalue weighted by Crippen LogP contribution is 2.62. The van der Waals surface area contributed by atoms with E-state index in [0.717, 1.165) is 11.9 Å². The van der Waals surface area contributed by atoms with Crippen LogP contribution >= 0.6 is 0 Å². The van der Waals surface area contributed by atoms with Gasteiger partial charge in [-0.2, -0.15) is 0 Å². The van der Waals surface area contributed by atoms with Gasteiger partial charge in [0.2, 0.25) is 0 Å². The Balaban J connectivity index is 2.66. The normalized spacial score (nSPS) is 35.5. The molecule has 0 bridgehead atoms. The van der Waals surface area contributed by atoms with Crippen LogP contribution in [0.4, 0.5) is 0 Å². The predicted molar refractivity (Wildman–Crippen MR) is 84.4 cm³/mol. The number of esters is 2. The van der Waals surface area contributed by atoms with Crippen molar-refractivity contribution in [3.8, 4) is 0 Å². The fraction of sp³-hybridized carbons (Fsp3) is 0.722. The van der Waals surface area contributed by atoms with Crippen LogP contribution in [-0.4, -0.2) is 31.4 Å². The summed E-state index contributed by atoms with van der Waals surface area (Å²) < 4.78 is 10.6. The average Bonchev–Trinajstić information content (AvgIpc) is 2.65. The van der Waals surface area contributed by atoms with Gasteiger partial charge < -0.3 is 9.47 Å². The Kier molecular flexibility index (Phi) is 4.44. The summed E-state index contributed by atoms with van der Waals surface area (Å²) >= 11 is 0. The number of hydrogen-bond acceptors (Lipinski definition) is 5. The minimum absolute atomic E-state index is 0.0546. The van der Waals surface area contributed by atoms with Gasteiger partial charge in [-0.3, -0.25) is 14.4 Å². The van der Waals surface area contributed by atoms with Gasteiger partial charge >= 0.3 is 11.9 Å². The van der Waals surface area contributed by atoms with Gasteiger partial charge in [0.25, 0.3) is 0 Å². The molecular formula is C18H26O5. The Morgan fingerprint density at radius 1 is 1.26 bits per heavy atom. The smallest absolute Gasteiger partial charge is 0.315 e. The highest BCUT2D eigenvalue weighted by Gasteiger charge is 2.61. The van der Waals surface area contributed by atoms with Gasteiger partial charge in [-0.25, -0.2) is 0 Å². The number of allylic oxidation sites excluding steroid dienone is 1. The van der Waals surface area contributed by atoms with Crippen molar-refractivity contribution in [2.24, 2.45) is 22.7 Å².